The maximum Gasteiger partial charge on any atom is 0.161 e. The average molecular weight is 316 g/mol. The minimum absolute atomic E-state index is 0.135. The molecule has 3 N–H and O–H groups in total. The fourth-order valence-corrected chi connectivity index (χ4v) is 2.34. The number of rotatable bonds is 6. The molecule has 18 heavy (non-hydrogen) atoms. The van der Waals surface area contributed by atoms with Crippen molar-refractivity contribution in [3.63, 3.8) is 0 Å². The Hall–Kier alpha value is -1.10. The first-order chi connectivity index (χ1) is 8.52. The van der Waals surface area contributed by atoms with Crippen molar-refractivity contribution in [2.45, 2.75) is 26.7 Å². The number of hydrogen-bond donors (Lipinski definition) is 2. The molecule has 100 valence electrons. The third kappa shape index (κ3) is 3.22. The molecule has 0 amide bonds. The molecule has 1 aromatic rings. The van der Waals surface area contributed by atoms with Crippen LogP contribution in [0.2, 0.25) is 0 Å². The number of anilines is 1. The lowest BCUT2D eigenvalue weighted by Gasteiger charge is -2.24. The fourth-order valence-electron chi connectivity index (χ4n) is 1.79. The topological polar surface area (TPSA) is 53.1 Å². The van der Waals surface area contributed by atoms with Crippen molar-refractivity contribution in [1.82, 2.24) is 0 Å². The van der Waals surface area contributed by atoms with Crippen LogP contribution in [-0.2, 0) is 0 Å². The Labute approximate surface area is 116 Å². The number of nitrogen functional groups attached to an aromatic ring is 1. The van der Waals surface area contributed by atoms with Gasteiger partial charge in [0.1, 0.15) is 5.84 Å². The summed E-state index contributed by atoms with van der Waals surface area (Å²) in [6.45, 7) is 5.69. The Bertz CT molecular complexity index is 434. The zero-order valence-corrected chi connectivity index (χ0v) is 12.3. The van der Waals surface area contributed by atoms with Crippen LogP contribution in [0.1, 0.15) is 32.3 Å². The standard InChI is InChI=1S/C13H19BrFN3/c1-3-5-8-18(4-2)10-7-6-9(13(16)17)11(14)12(10)15/h6-7H,3-5,8H2,1-2H3,(H3,16,17). The minimum atomic E-state index is -0.347. The zero-order chi connectivity index (χ0) is 13.7. The van der Waals surface area contributed by atoms with E-state index in [2.05, 4.69) is 22.9 Å². The van der Waals surface area contributed by atoms with Gasteiger partial charge in [-0.05, 0) is 41.4 Å². The van der Waals surface area contributed by atoms with Gasteiger partial charge >= 0.3 is 0 Å². The van der Waals surface area contributed by atoms with Gasteiger partial charge in [0.05, 0.1) is 10.2 Å². The molecule has 0 radical (unpaired) electrons. The Kier molecular flexibility index (Phi) is 5.59. The SMILES string of the molecule is CCCCN(CC)c1ccc(C(=N)N)c(Br)c1F. The summed E-state index contributed by atoms with van der Waals surface area (Å²) >= 11 is 3.17. The van der Waals surface area contributed by atoms with Gasteiger partial charge in [-0.1, -0.05) is 13.3 Å². The monoisotopic (exact) mass is 315 g/mol. The Morgan fingerprint density at radius 1 is 1.44 bits per heavy atom. The summed E-state index contributed by atoms with van der Waals surface area (Å²) in [5.74, 6) is -0.482. The highest BCUT2D eigenvalue weighted by Gasteiger charge is 2.16. The number of benzene rings is 1. The Morgan fingerprint density at radius 3 is 2.61 bits per heavy atom. The van der Waals surface area contributed by atoms with Gasteiger partial charge in [0.25, 0.3) is 0 Å². The van der Waals surface area contributed by atoms with Gasteiger partial charge in [0, 0.05) is 18.7 Å². The van der Waals surface area contributed by atoms with Crippen LogP contribution in [0.3, 0.4) is 0 Å². The maximum atomic E-state index is 14.2. The first kappa shape index (κ1) is 15.0. The van der Waals surface area contributed by atoms with E-state index in [-0.39, 0.29) is 16.1 Å². The highest BCUT2D eigenvalue weighted by molar-refractivity contribution is 9.10. The summed E-state index contributed by atoms with van der Waals surface area (Å²) in [6, 6.07) is 3.37. The molecule has 0 saturated carbocycles. The van der Waals surface area contributed by atoms with Crippen LogP contribution >= 0.6 is 15.9 Å². The number of amidine groups is 1. The van der Waals surface area contributed by atoms with E-state index < -0.39 is 0 Å². The van der Waals surface area contributed by atoms with Gasteiger partial charge in [0.15, 0.2) is 5.82 Å². The van der Waals surface area contributed by atoms with Crippen LogP contribution in [0, 0.1) is 11.2 Å². The molecule has 1 aromatic carbocycles. The van der Waals surface area contributed by atoms with Crippen molar-refractivity contribution in [2.75, 3.05) is 18.0 Å². The lowest BCUT2D eigenvalue weighted by molar-refractivity contribution is 0.607. The molecule has 0 aliphatic rings. The van der Waals surface area contributed by atoms with Crippen LogP contribution < -0.4 is 10.6 Å². The molecule has 0 fully saturated rings. The molecule has 0 aliphatic carbocycles. The number of nitrogens with one attached hydrogen (secondary N) is 1. The van der Waals surface area contributed by atoms with E-state index in [0.717, 1.165) is 25.9 Å². The molecule has 0 aromatic heterocycles. The summed E-state index contributed by atoms with van der Waals surface area (Å²) in [4.78, 5) is 1.99. The van der Waals surface area contributed by atoms with Crippen molar-refractivity contribution in [3.8, 4) is 0 Å². The summed E-state index contributed by atoms with van der Waals surface area (Å²) in [5, 5.41) is 7.37. The summed E-state index contributed by atoms with van der Waals surface area (Å²) in [7, 11) is 0. The predicted octanol–water partition coefficient (Wildman–Crippen LogP) is 3.50. The smallest absolute Gasteiger partial charge is 0.161 e. The second-order valence-corrected chi connectivity index (χ2v) is 4.90. The molecular formula is C13H19BrFN3. The van der Waals surface area contributed by atoms with Crippen molar-refractivity contribution in [2.24, 2.45) is 5.73 Å². The molecule has 0 saturated heterocycles. The summed E-state index contributed by atoms with van der Waals surface area (Å²) in [6.07, 6.45) is 2.10. The molecular weight excluding hydrogens is 297 g/mol. The minimum Gasteiger partial charge on any atom is -0.384 e. The molecule has 1 rings (SSSR count). The highest BCUT2D eigenvalue weighted by atomic mass is 79.9. The van der Waals surface area contributed by atoms with Crippen LogP contribution in [0.25, 0.3) is 0 Å². The van der Waals surface area contributed by atoms with E-state index in [9.17, 15) is 4.39 Å². The summed E-state index contributed by atoms with van der Waals surface area (Å²) in [5.41, 5.74) is 6.35. The lowest BCUT2D eigenvalue weighted by Crippen LogP contribution is -2.25. The van der Waals surface area contributed by atoms with Crippen molar-refractivity contribution < 1.29 is 4.39 Å². The third-order valence-corrected chi connectivity index (χ3v) is 3.63. The number of nitrogens with zero attached hydrogens (tertiary/aromatic N) is 1. The van der Waals surface area contributed by atoms with E-state index in [0.29, 0.717) is 11.3 Å². The number of hydrogen-bond acceptors (Lipinski definition) is 2. The molecule has 0 spiro atoms. The summed E-state index contributed by atoms with van der Waals surface area (Å²) < 4.78 is 14.5. The zero-order valence-electron chi connectivity index (χ0n) is 10.8. The average Bonchev–Trinajstić information content (AvgIpc) is 2.34. The van der Waals surface area contributed by atoms with Crippen molar-refractivity contribution in [1.29, 1.82) is 5.41 Å². The van der Waals surface area contributed by atoms with E-state index in [4.69, 9.17) is 11.1 Å². The normalized spacial score (nSPS) is 10.4. The second-order valence-electron chi connectivity index (χ2n) is 4.11. The first-order valence-electron chi connectivity index (χ1n) is 6.10. The van der Waals surface area contributed by atoms with Crippen molar-refractivity contribution in [3.05, 3.63) is 28.0 Å². The highest BCUT2D eigenvalue weighted by Crippen LogP contribution is 2.29. The van der Waals surface area contributed by atoms with Crippen LogP contribution in [0.4, 0.5) is 10.1 Å². The first-order valence-corrected chi connectivity index (χ1v) is 6.89. The Morgan fingerprint density at radius 2 is 2.11 bits per heavy atom. The number of unbranched alkanes of at least 4 members (excludes halogenated alkanes) is 1. The van der Waals surface area contributed by atoms with Gasteiger partial charge < -0.3 is 10.6 Å². The molecule has 0 heterocycles. The van der Waals surface area contributed by atoms with E-state index in [1.807, 2.05) is 11.8 Å². The van der Waals surface area contributed by atoms with Gasteiger partial charge in [-0.3, -0.25) is 5.41 Å². The maximum absolute atomic E-state index is 14.2. The van der Waals surface area contributed by atoms with Crippen molar-refractivity contribution >= 4 is 27.5 Å². The van der Waals surface area contributed by atoms with Crippen LogP contribution in [0.5, 0.6) is 0 Å². The second kappa shape index (κ2) is 6.73. The number of nitrogens with two attached hydrogens (primary N) is 1. The number of halogens is 2. The quantitative estimate of drug-likeness (QED) is 0.623. The fraction of sp³-hybridized carbons (Fsp3) is 0.462. The van der Waals surface area contributed by atoms with Crippen LogP contribution in [-0.4, -0.2) is 18.9 Å². The van der Waals surface area contributed by atoms with E-state index in [1.54, 1.807) is 12.1 Å². The lowest BCUT2D eigenvalue weighted by atomic mass is 10.1. The molecule has 0 unspecified atom stereocenters. The molecule has 0 bridgehead atoms. The largest absolute Gasteiger partial charge is 0.384 e. The molecule has 0 aliphatic heterocycles. The van der Waals surface area contributed by atoms with E-state index >= 15 is 0 Å². The van der Waals surface area contributed by atoms with E-state index in [1.165, 1.54) is 0 Å². The van der Waals surface area contributed by atoms with Gasteiger partial charge in [-0.25, -0.2) is 4.39 Å². The van der Waals surface area contributed by atoms with Gasteiger partial charge in [-0.15, -0.1) is 0 Å². The molecule has 0 atom stereocenters. The Balaban J connectivity index is 3.09. The third-order valence-electron chi connectivity index (χ3n) is 2.86. The molecule has 3 nitrogen and oxygen atoms in total. The molecule has 5 heteroatoms. The van der Waals surface area contributed by atoms with Crippen LogP contribution in [0.15, 0.2) is 16.6 Å². The predicted molar refractivity (Wildman–Crippen MR) is 77.9 cm³/mol. The van der Waals surface area contributed by atoms with Gasteiger partial charge in [-0.2, -0.15) is 0 Å². The van der Waals surface area contributed by atoms with Gasteiger partial charge in [0.2, 0.25) is 0 Å².